The van der Waals surface area contributed by atoms with Gasteiger partial charge in [0, 0.05) is 6.54 Å². The number of halogens is 1. The Morgan fingerprint density at radius 2 is 2.25 bits per heavy atom. The molecule has 1 aliphatic rings. The van der Waals surface area contributed by atoms with Gasteiger partial charge in [-0.15, -0.1) is 11.6 Å². The topological polar surface area (TPSA) is 29.1 Å². The minimum absolute atomic E-state index is 0.306. The van der Waals surface area contributed by atoms with Gasteiger partial charge in [-0.3, -0.25) is 4.21 Å². The van der Waals surface area contributed by atoms with Gasteiger partial charge in [0.25, 0.3) is 0 Å². The molecule has 12 heavy (non-hydrogen) atoms. The summed E-state index contributed by atoms with van der Waals surface area (Å²) < 4.78 is 11.3. The summed E-state index contributed by atoms with van der Waals surface area (Å²) in [7, 11) is -1.06. The Hall–Kier alpha value is -0.540. The lowest BCUT2D eigenvalue weighted by Crippen LogP contribution is -2.25. The molecule has 0 aliphatic carbocycles. The first-order valence-electron chi connectivity index (χ1n) is 3.66. The number of nitrogens with one attached hydrogen (secondary N) is 1. The summed E-state index contributed by atoms with van der Waals surface area (Å²) in [6.07, 6.45) is 0. The van der Waals surface area contributed by atoms with E-state index in [9.17, 15) is 4.21 Å². The molecule has 1 aliphatic heterocycles. The molecule has 0 saturated carbocycles. The van der Waals surface area contributed by atoms with E-state index in [1.165, 1.54) is 0 Å². The molecule has 1 aromatic carbocycles. The van der Waals surface area contributed by atoms with Gasteiger partial charge in [0.15, 0.2) is 0 Å². The first kappa shape index (κ1) is 8.08. The van der Waals surface area contributed by atoms with Crippen molar-refractivity contribution in [3.05, 3.63) is 24.3 Å². The number of para-hydroxylation sites is 1. The van der Waals surface area contributed by atoms with Crippen LogP contribution in [0.15, 0.2) is 29.2 Å². The molecule has 2 unspecified atom stereocenters. The molecular weight excluding hydrogens is 194 g/mol. The second kappa shape index (κ2) is 3.07. The monoisotopic (exact) mass is 201 g/mol. The Bertz CT molecular complexity index is 329. The second-order valence-electron chi connectivity index (χ2n) is 2.58. The summed E-state index contributed by atoms with van der Waals surface area (Å²) in [4.78, 5) is 0.809. The van der Waals surface area contributed by atoms with Crippen molar-refractivity contribution >= 4 is 28.1 Å². The van der Waals surface area contributed by atoms with Crippen LogP contribution in [0.5, 0.6) is 0 Å². The molecule has 1 heterocycles. The highest BCUT2D eigenvalue weighted by molar-refractivity contribution is 7.87. The maximum absolute atomic E-state index is 11.6. The number of anilines is 1. The Kier molecular flexibility index (Phi) is 2.07. The van der Waals surface area contributed by atoms with Crippen molar-refractivity contribution < 1.29 is 4.21 Å². The van der Waals surface area contributed by atoms with E-state index in [0.29, 0.717) is 6.54 Å². The number of rotatable bonds is 0. The quantitative estimate of drug-likeness (QED) is 0.649. The van der Waals surface area contributed by atoms with Crippen LogP contribution in [0.2, 0.25) is 0 Å². The zero-order valence-electron chi connectivity index (χ0n) is 6.29. The minimum Gasteiger partial charge on any atom is -0.382 e. The highest BCUT2D eigenvalue weighted by atomic mass is 35.5. The Balaban J connectivity index is 2.49. The van der Waals surface area contributed by atoms with E-state index in [2.05, 4.69) is 5.32 Å². The number of hydrogen-bond acceptors (Lipinski definition) is 2. The standard InChI is InChI=1S/C8H8ClNOS/c9-8-5-10-6-3-1-2-4-7(6)12(8)11/h1-4,8,10H,5H2. The van der Waals surface area contributed by atoms with Crippen LogP contribution in [-0.2, 0) is 10.8 Å². The molecule has 0 radical (unpaired) electrons. The highest BCUT2D eigenvalue weighted by Gasteiger charge is 2.22. The average Bonchev–Trinajstić information content (AvgIpc) is 2.12. The molecular formula is C8H8ClNOS. The molecule has 0 saturated heterocycles. The second-order valence-corrected chi connectivity index (χ2v) is 4.97. The van der Waals surface area contributed by atoms with Gasteiger partial charge in [0.1, 0.15) is 4.71 Å². The number of hydrogen-bond donors (Lipinski definition) is 1. The van der Waals surface area contributed by atoms with Crippen LogP contribution in [0.25, 0.3) is 0 Å². The van der Waals surface area contributed by atoms with Gasteiger partial charge in [0.2, 0.25) is 0 Å². The Labute approximate surface area is 78.4 Å². The molecule has 1 N–H and O–H groups in total. The predicted octanol–water partition coefficient (Wildman–Crippen LogP) is 1.78. The van der Waals surface area contributed by atoms with E-state index in [0.717, 1.165) is 10.6 Å². The molecule has 0 spiro atoms. The first-order valence-corrected chi connectivity index (χ1v) is 5.31. The molecule has 4 heteroatoms. The van der Waals surface area contributed by atoms with Crippen molar-refractivity contribution in [2.24, 2.45) is 0 Å². The lowest BCUT2D eigenvalue weighted by atomic mass is 10.3. The Morgan fingerprint density at radius 1 is 1.50 bits per heavy atom. The summed E-state index contributed by atoms with van der Waals surface area (Å²) >= 11 is 5.83. The first-order chi connectivity index (χ1) is 5.79. The zero-order valence-corrected chi connectivity index (χ0v) is 7.86. The third kappa shape index (κ3) is 1.23. The van der Waals surface area contributed by atoms with Gasteiger partial charge >= 0.3 is 0 Å². The molecule has 0 fully saturated rings. The van der Waals surface area contributed by atoms with Crippen molar-refractivity contribution in [3.63, 3.8) is 0 Å². The lowest BCUT2D eigenvalue weighted by Gasteiger charge is -2.20. The van der Waals surface area contributed by atoms with E-state index >= 15 is 0 Å². The number of benzene rings is 1. The average molecular weight is 202 g/mol. The molecule has 64 valence electrons. The summed E-state index contributed by atoms with van der Waals surface area (Å²) in [6.45, 7) is 0.575. The molecule has 2 rings (SSSR count). The molecule has 0 amide bonds. The van der Waals surface area contributed by atoms with Gasteiger partial charge in [-0.2, -0.15) is 0 Å². The lowest BCUT2D eigenvalue weighted by molar-refractivity contribution is 0.679. The summed E-state index contributed by atoms with van der Waals surface area (Å²) in [5, 5.41) is 3.12. The minimum atomic E-state index is -1.06. The molecule has 0 bridgehead atoms. The molecule has 1 aromatic rings. The SMILES string of the molecule is O=S1c2ccccc2NCC1Cl. The fourth-order valence-corrected chi connectivity index (χ4v) is 2.64. The number of fused-ring (bicyclic) bond motifs is 1. The smallest absolute Gasteiger partial charge is 0.130 e. The highest BCUT2D eigenvalue weighted by Crippen LogP contribution is 2.27. The Morgan fingerprint density at radius 3 is 3.08 bits per heavy atom. The van der Waals surface area contributed by atoms with E-state index in [1.54, 1.807) is 0 Å². The summed E-state index contributed by atoms with van der Waals surface area (Å²) in [5.41, 5.74) is 0.938. The van der Waals surface area contributed by atoms with Crippen molar-refractivity contribution in [3.8, 4) is 0 Å². The van der Waals surface area contributed by atoms with Crippen LogP contribution in [0.3, 0.4) is 0 Å². The number of alkyl halides is 1. The van der Waals surface area contributed by atoms with Gasteiger partial charge in [0.05, 0.1) is 21.4 Å². The fraction of sp³-hybridized carbons (Fsp3) is 0.250. The van der Waals surface area contributed by atoms with Crippen molar-refractivity contribution in [2.75, 3.05) is 11.9 Å². The van der Waals surface area contributed by atoms with Gasteiger partial charge < -0.3 is 5.32 Å². The summed E-state index contributed by atoms with van der Waals surface area (Å²) in [5.74, 6) is 0. The van der Waals surface area contributed by atoms with Gasteiger partial charge in [-0.05, 0) is 12.1 Å². The van der Waals surface area contributed by atoms with Crippen molar-refractivity contribution in [1.82, 2.24) is 0 Å². The van der Waals surface area contributed by atoms with Crippen LogP contribution < -0.4 is 5.32 Å². The largest absolute Gasteiger partial charge is 0.382 e. The molecule has 2 atom stereocenters. The normalized spacial score (nSPS) is 27.4. The van der Waals surface area contributed by atoms with Gasteiger partial charge in [-0.25, -0.2) is 0 Å². The van der Waals surface area contributed by atoms with Crippen molar-refractivity contribution in [1.29, 1.82) is 0 Å². The van der Waals surface area contributed by atoms with Crippen LogP contribution in [0, 0.1) is 0 Å². The molecule has 0 aromatic heterocycles. The zero-order chi connectivity index (χ0) is 8.55. The van der Waals surface area contributed by atoms with E-state index < -0.39 is 10.8 Å². The van der Waals surface area contributed by atoms with Crippen LogP contribution in [0.4, 0.5) is 5.69 Å². The molecule has 2 nitrogen and oxygen atoms in total. The third-order valence-electron chi connectivity index (χ3n) is 1.79. The van der Waals surface area contributed by atoms with Crippen LogP contribution >= 0.6 is 11.6 Å². The van der Waals surface area contributed by atoms with Gasteiger partial charge in [-0.1, -0.05) is 12.1 Å². The van der Waals surface area contributed by atoms with E-state index in [4.69, 9.17) is 11.6 Å². The fourth-order valence-electron chi connectivity index (χ4n) is 1.19. The van der Waals surface area contributed by atoms with E-state index in [1.807, 2.05) is 24.3 Å². The third-order valence-corrected chi connectivity index (χ3v) is 3.85. The van der Waals surface area contributed by atoms with E-state index in [-0.39, 0.29) is 4.71 Å². The van der Waals surface area contributed by atoms with Crippen molar-refractivity contribution in [2.45, 2.75) is 9.60 Å². The summed E-state index contributed by atoms with van der Waals surface area (Å²) in [6, 6.07) is 7.54. The maximum Gasteiger partial charge on any atom is 0.130 e. The maximum atomic E-state index is 11.6. The van der Waals surface area contributed by atoms with Crippen LogP contribution in [-0.4, -0.2) is 15.5 Å². The predicted molar refractivity (Wildman–Crippen MR) is 51.0 cm³/mol. The van der Waals surface area contributed by atoms with Crippen LogP contribution in [0.1, 0.15) is 0 Å².